The maximum atomic E-state index is 12.6. The molecule has 0 radical (unpaired) electrons. The molecule has 1 heterocycles. The van der Waals surface area contributed by atoms with Gasteiger partial charge < -0.3 is 19.9 Å². The Bertz CT molecular complexity index is 686. The van der Waals surface area contributed by atoms with Crippen molar-refractivity contribution in [3.63, 3.8) is 0 Å². The number of benzene rings is 1. The van der Waals surface area contributed by atoms with Crippen LogP contribution in [0.3, 0.4) is 0 Å². The van der Waals surface area contributed by atoms with Gasteiger partial charge in [0.05, 0.1) is 17.4 Å². The van der Waals surface area contributed by atoms with E-state index < -0.39 is 16.0 Å². The maximum absolute atomic E-state index is 12.6. The minimum atomic E-state index is -3.85. The fraction of sp³-hybridized carbons (Fsp3) is 0.562. The van der Waals surface area contributed by atoms with E-state index in [9.17, 15) is 13.2 Å². The smallest absolute Gasteiger partial charge is 0.335 e. The van der Waals surface area contributed by atoms with Crippen molar-refractivity contribution in [3.8, 4) is 0 Å². The molecule has 1 fully saturated rings. The van der Waals surface area contributed by atoms with Gasteiger partial charge in [-0.2, -0.15) is 0 Å². The summed E-state index contributed by atoms with van der Waals surface area (Å²) in [6, 6.07) is 4.02. The van der Waals surface area contributed by atoms with Crippen LogP contribution in [0.1, 0.15) is 29.6 Å². The molecule has 1 aliphatic rings. The van der Waals surface area contributed by atoms with Gasteiger partial charge >= 0.3 is 5.97 Å². The van der Waals surface area contributed by atoms with Crippen LogP contribution in [0.15, 0.2) is 23.1 Å². The highest BCUT2D eigenvalue weighted by Gasteiger charge is 2.22. The third kappa shape index (κ3) is 5.67. The summed E-state index contributed by atoms with van der Waals surface area (Å²) in [5, 5.41) is 12.2. The molecule has 8 nitrogen and oxygen atoms in total. The largest absolute Gasteiger partial charge is 0.478 e. The molecule has 0 saturated carbocycles. The van der Waals surface area contributed by atoms with E-state index in [-0.39, 0.29) is 23.1 Å². The molecule has 0 bridgehead atoms. The number of rotatable bonds is 10. The minimum absolute atomic E-state index is 0.0318. The molecule has 1 saturated heterocycles. The molecule has 1 aliphatic heterocycles. The number of anilines is 1. The monoisotopic (exact) mass is 372 g/mol. The molecule has 3 N–H and O–H groups in total. The molecule has 1 aromatic carbocycles. The zero-order valence-electron chi connectivity index (χ0n) is 14.2. The molecular weight excluding hydrogens is 348 g/mol. The van der Waals surface area contributed by atoms with Crippen LogP contribution in [0.4, 0.5) is 5.69 Å². The summed E-state index contributed by atoms with van der Waals surface area (Å²) in [5.74, 6) is -1.18. The fourth-order valence-corrected chi connectivity index (χ4v) is 3.83. The molecule has 25 heavy (non-hydrogen) atoms. The Labute approximate surface area is 147 Å². The molecule has 9 heteroatoms. The lowest BCUT2D eigenvalue weighted by molar-refractivity contribution is 0.0696. The lowest BCUT2D eigenvalue weighted by Gasteiger charge is -2.16. The van der Waals surface area contributed by atoms with E-state index in [1.54, 1.807) is 0 Å². The first-order valence-corrected chi connectivity index (χ1v) is 9.64. The van der Waals surface area contributed by atoms with Gasteiger partial charge in [-0.05, 0) is 37.5 Å². The van der Waals surface area contributed by atoms with Crippen molar-refractivity contribution in [3.05, 3.63) is 23.8 Å². The van der Waals surface area contributed by atoms with E-state index >= 15 is 0 Å². The molecule has 0 spiro atoms. The quantitative estimate of drug-likeness (QED) is 0.530. The average molecular weight is 372 g/mol. The topological polar surface area (TPSA) is 114 Å². The molecule has 1 aromatic rings. The summed E-state index contributed by atoms with van der Waals surface area (Å²) in [7, 11) is -2.31. The first-order chi connectivity index (χ1) is 11.9. The average Bonchev–Trinajstić information content (AvgIpc) is 3.10. The van der Waals surface area contributed by atoms with Crippen LogP contribution in [0.25, 0.3) is 0 Å². The number of carboxylic acids is 1. The van der Waals surface area contributed by atoms with E-state index in [1.807, 2.05) is 0 Å². The van der Waals surface area contributed by atoms with Crippen molar-refractivity contribution in [2.75, 3.05) is 38.7 Å². The molecule has 2 rings (SSSR count). The Hall–Kier alpha value is -1.68. The van der Waals surface area contributed by atoms with Crippen LogP contribution in [0.2, 0.25) is 0 Å². The highest BCUT2D eigenvalue weighted by molar-refractivity contribution is 7.89. The van der Waals surface area contributed by atoms with Gasteiger partial charge in [-0.1, -0.05) is 0 Å². The van der Waals surface area contributed by atoms with Crippen LogP contribution in [-0.4, -0.2) is 59.0 Å². The second-order valence-corrected chi connectivity index (χ2v) is 7.51. The zero-order valence-corrected chi connectivity index (χ0v) is 15.0. The van der Waals surface area contributed by atoms with Crippen LogP contribution in [0, 0.1) is 0 Å². The SMILES string of the molecule is COCCCNS(=O)(=O)c1cc(C(=O)O)ccc1NC[C@@H]1CCCO1. The van der Waals surface area contributed by atoms with Crippen molar-refractivity contribution >= 4 is 21.7 Å². The molecule has 0 aromatic heterocycles. The van der Waals surface area contributed by atoms with E-state index in [1.165, 1.54) is 25.3 Å². The minimum Gasteiger partial charge on any atom is -0.478 e. The van der Waals surface area contributed by atoms with Crippen LogP contribution in [0.5, 0.6) is 0 Å². The Balaban J connectivity index is 2.18. The predicted molar refractivity (Wildman–Crippen MR) is 92.5 cm³/mol. The van der Waals surface area contributed by atoms with Gasteiger partial charge in [0.1, 0.15) is 4.90 Å². The Morgan fingerprint density at radius 3 is 2.88 bits per heavy atom. The number of hydrogen-bond donors (Lipinski definition) is 3. The predicted octanol–water partition coefficient (Wildman–Crippen LogP) is 1.29. The summed E-state index contributed by atoms with van der Waals surface area (Å²) < 4.78 is 38.0. The molecule has 1 atom stereocenters. The highest BCUT2D eigenvalue weighted by atomic mass is 32.2. The molecule has 0 aliphatic carbocycles. The Morgan fingerprint density at radius 2 is 2.24 bits per heavy atom. The molecule has 0 unspecified atom stereocenters. The summed E-state index contributed by atoms with van der Waals surface area (Å²) >= 11 is 0. The molecule has 0 amide bonds. The lowest BCUT2D eigenvalue weighted by Crippen LogP contribution is -2.27. The van der Waals surface area contributed by atoms with Gasteiger partial charge in [-0.3, -0.25) is 0 Å². The second-order valence-electron chi connectivity index (χ2n) is 5.78. The van der Waals surface area contributed by atoms with Gasteiger partial charge in [-0.25, -0.2) is 17.9 Å². The van der Waals surface area contributed by atoms with Crippen molar-refractivity contribution in [2.24, 2.45) is 0 Å². The summed E-state index contributed by atoms with van der Waals surface area (Å²) in [6.45, 7) is 1.82. The fourth-order valence-electron chi connectivity index (χ4n) is 2.55. The summed E-state index contributed by atoms with van der Waals surface area (Å²) in [4.78, 5) is 11.1. The number of nitrogens with one attached hydrogen (secondary N) is 2. The number of ether oxygens (including phenoxy) is 2. The third-order valence-electron chi connectivity index (χ3n) is 3.88. The van der Waals surface area contributed by atoms with Crippen LogP contribution < -0.4 is 10.0 Å². The number of carboxylic acid groups (broad SMARTS) is 1. The first kappa shape index (κ1) is 19.6. The second kappa shape index (κ2) is 9.14. The first-order valence-electron chi connectivity index (χ1n) is 8.15. The van der Waals surface area contributed by atoms with Crippen molar-refractivity contribution in [1.82, 2.24) is 4.72 Å². The van der Waals surface area contributed by atoms with Gasteiger partial charge in [0.2, 0.25) is 10.0 Å². The Kier molecular flexibility index (Phi) is 7.18. The van der Waals surface area contributed by atoms with Crippen molar-refractivity contribution < 1.29 is 27.8 Å². The van der Waals surface area contributed by atoms with E-state index in [4.69, 9.17) is 14.6 Å². The third-order valence-corrected chi connectivity index (χ3v) is 5.38. The van der Waals surface area contributed by atoms with Gasteiger partial charge in [0.25, 0.3) is 0 Å². The van der Waals surface area contributed by atoms with Gasteiger partial charge in [-0.15, -0.1) is 0 Å². The molecule has 140 valence electrons. The van der Waals surface area contributed by atoms with Crippen LogP contribution in [-0.2, 0) is 19.5 Å². The van der Waals surface area contributed by atoms with E-state index in [0.29, 0.717) is 31.9 Å². The number of sulfonamides is 1. The molecular formula is C16H24N2O6S. The number of hydrogen-bond acceptors (Lipinski definition) is 6. The normalized spacial score (nSPS) is 17.6. The maximum Gasteiger partial charge on any atom is 0.335 e. The summed E-state index contributed by atoms with van der Waals surface area (Å²) in [6.07, 6.45) is 2.45. The zero-order chi connectivity index (χ0) is 18.3. The number of carbonyl (C=O) groups is 1. The number of aromatic carboxylic acids is 1. The standard InChI is InChI=1S/C16H24N2O6S/c1-23-8-3-7-18-25(21,22)15-10-12(16(19)20)5-6-14(15)17-11-13-4-2-9-24-13/h5-6,10,13,17-18H,2-4,7-9,11H2,1H3,(H,19,20)/t13-/m0/s1. The van der Waals surface area contributed by atoms with Crippen LogP contribution >= 0.6 is 0 Å². The lowest BCUT2D eigenvalue weighted by atomic mass is 10.2. The van der Waals surface area contributed by atoms with Gasteiger partial charge in [0.15, 0.2) is 0 Å². The van der Waals surface area contributed by atoms with E-state index in [2.05, 4.69) is 10.0 Å². The van der Waals surface area contributed by atoms with Crippen molar-refractivity contribution in [1.29, 1.82) is 0 Å². The van der Waals surface area contributed by atoms with Crippen molar-refractivity contribution in [2.45, 2.75) is 30.3 Å². The Morgan fingerprint density at radius 1 is 1.44 bits per heavy atom. The number of methoxy groups -OCH3 is 1. The highest BCUT2D eigenvalue weighted by Crippen LogP contribution is 2.24. The summed E-state index contributed by atoms with van der Waals surface area (Å²) in [5.41, 5.74) is 0.277. The van der Waals surface area contributed by atoms with E-state index in [0.717, 1.165) is 12.8 Å². The van der Waals surface area contributed by atoms with Gasteiger partial charge in [0, 0.05) is 33.4 Å².